The quantitative estimate of drug-likeness (QED) is 0.161. The highest BCUT2D eigenvalue weighted by Gasteiger charge is 2.42. The van der Waals surface area contributed by atoms with E-state index in [-0.39, 0.29) is 5.41 Å². The number of rotatable bonds is 7. The molecule has 63 heavy (non-hydrogen) atoms. The Hall–Kier alpha value is -8.14. The predicted octanol–water partition coefficient (Wildman–Crippen LogP) is 15.7. The summed E-state index contributed by atoms with van der Waals surface area (Å²) in [6.45, 7) is 2.39. The lowest BCUT2D eigenvalue weighted by Crippen LogP contribution is -2.22. The zero-order valence-electron chi connectivity index (χ0n) is 34.7. The standard InChI is InChI=1S/C60H40N2O/c1-60(47-21-9-4-10-22-47)52-25-14-24-48(40-15-5-2-6-16-40)58(52)50-33-31-45(37-53(50)60)39-27-29-41(30-28-39)54-38-55(62-59(61-54)42-17-7-3-8-18-42)46-20-13-19-43(35-46)44-32-34-57-51(36-44)49-23-11-12-26-56(49)63-57/h2-38H,1H3. The first kappa shape index (κ1) is 36.7. The minimum atomic E-state index is -0.324. The van der Waals surface area contributed by atoms with Gasteiger partial charge in [0, 0.05) is 32.9 Å². The average molecular weight is 805 g/mol. The molecule has 1 aliphatic rings. The molecule has 0 saturated carbocycles. The monoisotopic (exact) mass is 804 g/mol. The van der Waals surface area contributed by atoms with Gasteiger partial charge in [-0.2, -0.15) is 0 Å². The maximum atomic E-state index is 6.13. The lowest BCUT2D eigenvalue weighted by molar-refractivity contribution is 0.669. The first-order chi connectivity index (χ1) is 31.1. The van der Waals surface area contributed by atoms with Crippen LogP contribution in [0.4, 0.5) is 0 Å². The lowest BCUT2D eigenvalue weighted by atomic mass is 9.73. The normalized spacial score (nSPS) is 14.2. The molecule has 0 aliphatic heterocycles. The highest BCUT2D eigenvalue weighted by molar-refractivity contribution is 6.06. The Morgan fingerprint density at radius 1 is 0.349 bits per heavy atom. The topological polar surface area (TPSA) is 38.9 Å². The first-order valence-corrected chi connectivity index (χ1v) is 21.6. The van der Waals surface area contributed by atoms with Gasteiger partial charge in [-0.05, 0) is 105 Å². The SMILES string of the molecule is CC1(c2ccccc2)c2cc(-c3ccc(-c4cc(-c5cccc(-c6ccc7oc8ccccc8c7c6)c5)nc(-c5ccccc5)n4)cc3)ccc2-c2c(-c3ccccc3)cccc21. The Bertz CT molecular complexity index is 3500. The van der Waals surface area contributed by atoms with E-state index in [9.17, 15) is 0 Å². The lowest BCUT2D eigenvalue weighted by Gasteiger charge is -2.29. The molecule has 0 spiro atoms. The molecular weight excluding hydrogens is 765 g/mol. The Morgan fingerprint density at radius 2 is 0.921 bits per heavy atom. The molecule has 11 aromatic rings. The smallest absolute Gasteiger partial charge is 0.160 e. The van der Waals surface area contributed by atoms with Gasteiger partial charge in [0.25, 0.3) is 0 Å². The third kappa shape index (κ3) is 6.20. The van der Waals surface area contributed by atoms with Crippen LogP contribution in [0.5, 0.6) is 0 Å². The van der Waals surface area contributed by atoms with Crippen molar-refractivity contribution in [3.63, 3.8) is 0 Å². The molecule has 9 aromatic carbocycles. The Balaban J connectivity index is 0.931. The fourth-order valence-corrected chi connectivity index (χ4v) is 9.76. The molecule has 3 heteroatoms. The number of hydrogen-bond acceptors (Lipinski definition) is 3. The van der Waals surface area contributed by atoms with Crippen molar-refractivity contribution in [1.82, 2.24) is 9.97 Å². The van der Waals surface area contributed by atoms with Crippen LogP contribution < -0.4 is 0 Å². The summed E-state index contributed by atoms with van der Waals surface area (Å²) in [5.41, 5.74) is 19.9. The second kappa shape index (κ2) is 14.8. The highest BCUT2D eigenvalue weighted by Crippen LogP contribution is 2.55. The summed E-state index contributed by atoms with van der Waals surface area (Å²) < 4.78 is 6.13. The van der Waals surface area contributed by atoms with Gasteiger partial charge in [-0.25, -0.2) is 9.97 Å². The Morgan fingerprint density at radius 3 is 1.71 bits per heavy atom. The van der Waals surface area contributed by atoms with Crippen molar-refractivity contribution in [2.45, 2.75) is 12.3 Å². The predicted molar refractivity (Wildman–Crippen MR) is 259 cm³/mol. The molecule has 0 saturated heterocycles. The fraction of sp³-hybridized carbons (Fsp3) is 0.0333. The van der Waals surface area contributed by atoms with Gasteiger partial charge >= 0.3 is 0 Å². The van der Waals surface area contributed by atoms with E-state index < -0.39 is 0 Å². The molecule has 0 bridgehead atoms. The molecule has 296 valence electrons. The van der Waals surface area contributed by atoms with Crippen LogP contribution in [0.1, 0.15) is 23.6 Å². The number of nitrogens with zero attached hydrogens (tertiary/aromatic N) is 2. The van der Waals surface area contributed by atoms with Gasteiger partial charge in [0.15, 0.2) is 5.82 Å². The minimum absolute atomic E-state index is 0.324. The zero-order valence-corrected chi connectivity index (χ0v) is 34.7. The van der Waals surface area contributed by atoms with Gasteiger partial charge in [-0.3, -0.25) is 0 Å². The van der Waals surface area contributed by atoms with Crippen molar-refractivity contribution < 1.29 is 4.42 Å². The third-order valence-corrected chi connectivity index (χ3v) is 13.0. The second-order valence-corrected chi connectivity index (χ2v) is 16.6. The summed E-state index contributed by atoms with van der Waals surface area (Å²) in [4.78, 5) is 10.3. The van der Waals surface area contributed by atoms with Crippen LogP contribution in [0, 0.1) is 0 Å². The van der Waals surface area contributed by atoms with Crippen molar-refractivity contribution in [3.8, 4) is 78.4 Å². The van der Waals surface area contributed by atoms with Gasteiger partial charge in [0.1, 0.15) is 11.2 Å². The summed E-state index contributed by atoms with van der Waals surface area (Å²) in [5.74, 6) is 0.692. The van der Waals surface area contributed by atoms with E-state index in [2.05, 4.69) is 201 Å². The third-order valence-electron chi connectivity index (χ3n) is 13.0. The molecule has 2 heterocycles. The van der Waals surface area contributed by atoms with Gasteiger partial charge in [0.2, 0.25) is 0 Å². The molecule has 1 atom stereocenters. The van der Waals surface area contributed by atoms with Gasteiger partial charge in [0.05, 0.1) is 11.4 Å². The van der Waals surface area contributed by atoms with E-state index in [1.807, 2.05) is 30.3 Å². The van der Waals surface area contributed by atoms with Crippen LogP contribution in [-0.2, 0) is 5.41 Å². The van der Waals surface area contributed by atoms with Crippen LogP contribution in [-0.4, -0.2) is 9.97 Å². The van der Waals surface area contributed by atoms with Gasteiger partial charge < -0.3 is 4.42 Å². The van der Waals surface area contributed by atoms with E-state index in [4.69, 9.17) is 14.4 Å². The van der Waals surface area contributed by atoms with Crippen molar-refractivity contribution >= 4 is 21.9 Å². The number of fused-ring (bicyclic) bond motifs is 6. The molecular formula is C60H40N2O. The average Bonchev–Trinajstić information content (AvgIpc) is 3.87. The number of benzene rings is 9. The maximum absolute atomic E-state index is 6.13. The van der Waals surface area contributed by atoms with Gasteiger partial charge in [-0.15, -0.1) is 0 Å². The fourth-order valence-electron chi connectivity index (χ4n) is 9.76. The van der Waals surface area contributed by atoms with Crippen LogP contribution in [0.25, 0.3) is 100 Å². The van der Waals surface area contributed by atoms with Crippen LogP contribution >= 0.6 is 0 Å². The van der Waals surface area contributed by atoms with Gasteiger partial charge in [-0.1, -0.05) is 188 Å². The molecule has 0 amide bonds. The molecule has 1 unspecified atom stereocenters. The molecule has 0 radical (unpaired) electrons. The second-order valence-electron chi connectivity index (χ2n) is 16.6. The van der Waals surface area contributed by atoms with E-state index in [0.29, 0.717) is 5.82 Å². The molecule has 2 aromatic heterocycles. The van der Waals surface area contributed by atoms with E-state index in [0.717, 1.165) is 66.7 Å². The first-order valence-electron chi connectivity index (χ1n) is 21.6. The van der Waals surface area contributed by atoms with Crippen LogP contribution in [0.2, 0.25) is 0 Å². The highest BCUT2D eigenvalue weighted by atomic mass is 16.3. The van der Waals surface area contributed by atoms with Crippen LogP contribution in [0.15, 0.2) is 229 Å². The van der Waals surface area contributed by atoms with Crippen molar-refractivity contribution in [3.05, 3.63) is 241 Å². The van der Waals surface area contributed by atoms with E-state index in [1.54, 1.807) is 0 Å². The molecule has 0 N–H and O–H groups in total. The summed E-state index contributed by atoms with van der Waals surface area (Å²) in [6, 6.07) is 80.1. The van der Waals surface area contributed by atoms with Crippen LogP contribution in [0.3, 0.4) is 0 Å². The van der Waals surface area contributed by atoms with Crippen molar-refractivity contribution in [2.24, 2.45) is 0 Å². The molecule has 3 nitrogen and oxygen atoms in total. The maximum Gasteiger partial charge on any atom is 0.160 e. The van der Waals surface area contributed by atoms with E-state index in [1.165, 1.54) is 44.5 Å². The molecule has 0 fully saturated rings. The Labute approximate surface area is 366 Å². The largest absolute Gasteiger partial charge is 0.456 e. The Kier molecular flexibility index (Phi) is 8.62. The molecule has 12 rings (SSSR count). The zero-order chi connectivity index (χ0) is 41.9. The minimum Gasteiger partial charge on any atom is -0.456 e. The molecule has 1 aliphatic carbocycles. The summed E-state index contributed by atoms with van der Waals surface area (Å²) in [5, 5.41) is 2.23. The summed E-state index contributed by atoms with van der Waals surface area (Å²) in [6.07, 6.45) is 0. The summed E-state index contributed by atoms with van der Waals surface area (Å²) in [7, 11) is 0. The van der Waals surface area contributed by atoms with Crippen molar-refractivity contribution in [2.75, 3.05) is 0 Å². The number of hydrogen-bond donors (Lipinski definition) is 0. The number of aromatic nitrogens is 2. The summed E-state index contributed by atoms with van der Waals surface area (Å²) >= 11 is 0. The van der Waals surface area contributed by atoms with Crippen molar-refractivity contribution in [1.29, 1.82) is 0 Å². The van der Waals surface area contributed by atoms with E-state index >= 15 is 0 Å². The number of para-hydroxylation sites is 1. The number of furan rings is 1.